The molecule has 0 fully saturated rings. The van der Waals surface area contributed by atoms with E-state index in [4.69, 9.17) is 0 Å². The summed E-state index contributed by atoms with van der Waals surface area (Å²) in [5, 5.41) is 3.07. The van der Waals surface area contributed by atoms with E-state index in [0.717, 1.165) is 38.2 Å². The van der Waals surface area contributed by atoms with Crippen LogP contribution in [0.15, 0.2) is 42.0 Å². The third-order valence-corrected chi connectivity index (χ3v) is 5.45. The molecule has 144 valence electrons. The topological polar surface area (TPSA) is 36.8 Å². The predicted molar refractivity (Wildman–Crippen MR) is 110 cm³/mol. The minimum atomic E-state index is 0.0237. The van der Waals surface area contributed by atoms with Crippen LogP contribution < -0.4 is 10.2 Å². The van der Waals surface area contributed by atoms with Crippen molar-refractivity contribution in [1.82, 2.24) is 4.90 Å². The first-order chi connectivity index (χ1) is 12.4. The summed E-state index contributed by atoms with van der Waals surface area (Å²) in [6.07, 6.45) is 4.56. The van der Waals surface area contributed by atoms with Gasteiger partial charge in [-0.25, -0.2) is 4.79 Å². The largest absolute Gasteiger partial charge is 0.340 e. The zero-order chi connectivity index (χ0) is 19.1. The number of carbonyl (C=O) groups excluding carboxylic acids is 1. The van der Waals surface area contributed by atoms with Crippen molar-refractivity contribution in [3.63, 3.8) is 0 Å². The van der Waals surface area contributed by atoms with Crippen LogP contribution in [0.25, 0.3) is 0 Å². The molecule has 0 aliphatic heterocycles. The van der Waals surface area contributed by atoms with E-state index in [1.165, 1.54) is 10.5 Å². The van der Waals surface area contributed by atoms with Crippen molar-refractivity contribution in [2.24, 2.45) is 17.8 Å². The molecule has 0 aromatic heterocycles. The van der Waals surface area contributed by atoms with Crippen LogP contribution in [0, 0.1) is 17.8 Å². The predicted octanol–water partition coefficient (Wildman–Crippen LogP) is 3.29. The van der Waals surface area contributed by atoms with Crippen molar-refractivity contribution >= 4 is 11.7 Å². The van der Waals surface area contributed by atoms with Crippen molar-refractivity contribution in [2.75, 3.05) is 39.0 Å². The third-order valence-electron chi connectivity index (χ3n) is 5.45. The van der Waals surface area contributed by atoms with E-state index in [1.807, 2.05) is 35.2 Å². The summed E-state index contributed by atoms with van der Waals surface area (Å²) >= 11 is 0. The van der Waals surface area contributed by atoms with Gasteiger partial charge in [0.05, 0.1) is 20.6 Å². The standard InChI is InChI=1S/C22H35N3O/c1-17-14-18(2)21(19(3)15-17)16-25(13-9-12-24(4)5)22(26)23-20-10-7-6-8-11-20/h6-8,10-11,14,18-19,21H,9,12-13,15-16H2,1-5H3,(H,23,26)/p+1/t18-,19+,21+/m1/s1. The number of nitrogens with zero attached hydrogens (tertiary/aromatic N) is 1. The van der Waals surface area contributed by atoms with Gasteiger partial charge in [-0.05, 0) is 43.2 Å². The number of hydrogen-bond acceptors (Lipinski definition) is 1. The Hall–Kier alpha value is -1.81. The number of nitrogens with one attached hydrogen (secondary N) is 2. The molecule has 1 aliphatic carbocycles. The minimum Gasteiger partial charge on any atom is -0.340 e. The summed E-state index contributed by atoms with van der Waals surface area (Å²) in [6.45, 7) is 9.55. The summed E-state index contributed by atoms with van der Waals surface area (Å²) in [7, 11) is 4.32. The highest BCUT2D eigenvalue weighted by atomic mass is 16.2. The quantitative estimate of drug-likeness (QED) is 0.721. The Labute approximate surface area is 159 Å². The SMILES string of the molecule is CC1=C[C@@H](C)[C@H](CN(CCC[NH+](C)C)C(=O)Nc2ccccc2)[C@@H](C)C1. The van der Waals surface area contributed by atoms with Crippen LogP contribution in [0.1, 0.15) is 33.6 Å². The lowest BCUT2D eigenvalue weighted by Gasteiger charge is -2.37. The number of hydrogen-bond donors (Lipinski definition) is 2. The van der Waals surface area contributed by atoms with Crippen LogP contribution in [0.4, 0.5) is 10.5 Å². The molecule has 2 rings (SSSR count). The molecule has 1 aliphatic rings. The van der Waals surface area contributed by atoms with E-state index in [0.29, 0.717) is 17.8 Å². The summed E-state index contributed by atoms with van der Waals surface area (Å²) in [4.78, 5) is 16.4. The van der Waals surface area contributed by atoms with E-state index in [9.17, 15) is 4.79 Å². The number of allylic oxidation sites excluding steroid dienone is 2. The van der Waals surface area contributed by atoms with Crippen LogP contribution >= 0.6 is 0 Å². The van der Waals surface area contributed by atoms with Gasteiger partial charge in [0.1, 0.15) is 0 Å². The van der Waals surface area contributed by atoms with Crippen molar-refractivity contribution in [1.29, 1.82) is 0 Å². The highest BCUT2D eigenvalue weighted by Gasteiger charge is 2.30. The van der Waals surface area contributed by atoms with E-state index >= 15 is 0 Å². The third kappa shape index (κ3) is 6.17. The monoisotopic (exact) mass is 358 g/mol. The molecule has 3 atom stereocenters. The zero-order valence-electron chi connectivity index (χ0n) is 17.1. The summed E-state index contributed by atoms with van der Waals surface area (Å²) in [5.74, 6) is 1.65. The average Bonchev–Trinajstić information content (AvgIpc) is 2.56. The Morgan fingerprint density at radius 1 is 1.23 bits per heavy atom. The second kappa shape index (κ2) is 9.77. The number of benzene rings is 1. The molecule has 1 aromatic rings. The Balaban J connectivity index is 2.06. The fourth-order valence-electron chi connectivity index (χ4n) is 4.04. The van der Waals surface area contributed by atoms with Crippen molar-refractivity contribution < 1.29 is 9.69 Å². The molecular formula is C22H36N3O+. The maximum atomic E-state index is 12.9. The summed E-state index contributed by atoms with van der Waals surface area (Å²) < 4.78 is 0. The van der Waals surface area contributed by atoms with Crippen LogP contribution in [0.2, 0.25) is 0 Å². The summed E-state index contributed by atoms with van der Waals surface area (Å²) in [6, 6.07) is 9.78. The van der Waals surface area contributed by atoms with Crippen molar-refractivity contribution in [3.8, 4) is 0 Å². The Bertz CT molecular complexity index is 597. The molecule has 26 heavy (non-hydrogen) atoms. The molecule has 0 bridgehead atoms. The first kappa shape index (κ1) is 20.5. The van der Waals surface area contributed by atoms with E-state index < -0.39 is 0 Å². The van der Waals surface area contributed by atoms with Gasteiger partial charge in [0.25, 0.3) is 0 Å². The number of rotatable bonds is 7. The molecule has 0 saturated heterocycles. The fraction of sp³-hybridized carbons (Fsp3) is 0.591. The molecule has 4 nitrogen and oxygen atoms in total. The molecule has 0 spiro atoms. The van der Waals surface area contributed by atoms with Gasteiger partial charge < -0.3 is 15.1 Å². The Kier molecular flexibility index (Phi) is 7.70. The normalized spacial score (nSPS) is 22.8. The second-order valence-electron chi connectivity index (χ2n) is 8.27. The lowest BCUT2D eigenvalue weighted by atomic mass is 9.75. The van der Waals surface area contributed by atoms with Crippen LogP contribution in [0.3, 0.4) is 0 Å². The van der Waals surface area contributed by atoms with Gasteiger partial charge in [0, 0.05) is 25.2 Å². The van der Waals surface area contributed by atoms with Gasteiger partial charge in [-0.3, -0.25) is 0 Å². The van der Waals surface area contributed by atoms with E-state index in [2.05, 4.69) is 46.3 Å². The molecule has 4 heteroatoms. The Morgan fingerprint density at radius 2 is 1.92 bits per heavy atom. The van der Waals surface area contributed by atoms with Crippen molar-refractivity contribution in [3.05, 3.63) is 42.0 Å². The highest BCUT2D eigenvalue weighted by Crippen LogP contribution is 2.34. The van der Waals surface area contributed by atoms with Gasteiger partial charge >= 0.3 is 6.03 Å². The van der Waals surface area contributed by atoms with Gasteiger partial charge in [0.15, 0.2) is 0 Å². The first-order valence-electron chi connectivity index (χ1n) is 9.94. The summed E-state index contributed by atoms with van der Waals surface area (Å²) in [5.41, 5.74) is 2.35. The molecule has 0 unspecified atom stereocenters. The number of urea groups is 1. The molecule has 0 saturated carbocycles. The number of quaternary nitrogens is 1. The van der Waals surface area contributed by atoms with Crippen LogP contribution in [-0.2, 0) is 0 Å². The maximum absolute atomic E-state index is 12.9. The van der Waals surface area contributed by atoms with Gasteiger partial charge in [-0.2, -0.15) is 0 Å². The van der Waals surface area contributed by atoms with E-state index in [-0.39, 0.29) is 6.03 Å². The zero-order valence-corrected chi connectivity index (χ0v) is 17.1. The fourth-order valence-corrected chi connectivity index (χ4v) is 4.04. The molecular weight excluding hydrogens is 322 g/mol. The molecule has 1 aromatic carbocycles. The molecule has 0 radical (unpaired) electrons. The minimum absolute atomic E-state index is 0.0237. The van der Waals surface area contributed by atoms with Gasteiger partial charge in [0.2, 0.25) is 0 Å². The van der Waals surface area contributed by atoms with Gasteiger partial charge in [-0.15, -0.1) is 0 Å². The molecule has 2 amide bonds. The second-order valence-corrected chi connectivity index (χ2v) is 8.27. The maximum Gasteiger partial charge on any atom is 0.321 e. The van der Waals surface area contributed by atoms with Crippen molar-refractivity contribution in [2.45, 2.75) is 33.6 Å². The number of carbonyl (C=O) groups is 1. The van der Waals surface area contributed by atoms with E-state index in [1.54, 1.807) is 0 Å². The lowest BCUT2D eigenvalue weighted by Crippen LogP contribution is -3.05. The molecule has 2 N–H and O–H groups in total. The first-order valence-corrected chi connectivity index (χ1v) is 9.94. The lowest BCUT2D eigenvalue weighted by molar-refractivity contribution is -0.858. The average molecular weight is 359 g/mol. The van der Waals surface area contributed by atoms with Crippen LogP contribution in [0.5, 0.6) is 0 Å². The Morgan fingerprint density at radius 3 is 2.54 bits per heavy atom. The number of anilines is 1. The van der Waals surface area contributed by atoms with Crippen LogP contribution in [-0.4, -0.2) is 44.7 Å². The number of para-hydroxylation sites is 1. The number of amides is 2. The smallest absolute Gasteiger partial charge is 0.321 e. The molecule has 0 heterocycles. The van der Waals surface area contributed by atoms with Gasteiger partial charge in [-0.1, -0.05) is 43.7 Å². The highest BCUT2D eigenvalue weighted by molar-refractivity contribution is 5.89.